The predicted molar refractivity (Wildman–Crippen MR) is 68.8 cm³/mol. The van der Waals surface area contributed by atoms with Gasteiger partial charge in [-0.1, -0.05) is 30.2 Å². The van der Waals surface area contributed by atoms with Crippen molar-refractivity contribution in [3.8, 4) is 0 Å². The second-order valence-corrected chi connectivity index (χ2v) is 5.47. The molecule has 0 spiro atoms. The van der Waals surface area contributed by atoms with Crippen molar-refractivity contribution in [2.75, 3.05) is 6.61 Å². The molecule has 1 saturated carbocycles. The van der Waals surface area contributed by atoms with E-state index in [4.69, 9.17) is 16.3 Å². The Balaban J connectivity index is 1.81. The van der Waals surface area contributed by atoms with Crippen LogP contribution in [0.15, 0.2) is 29.3 Å². The minimum absolute atomic E-state index is 0.283. The van der Waals surface area contributed by atoms with Gasteiger partial charge in [-0.2, -0.15) is 0 Å². The second kappa shape index (κ2) is 4.34. The molecule has 0 saturated heterocycles. The molecule has 1 heterocycles. The number of halogens is 1. The van der Waals surface area contributed by atoms with Crippen LogP contribution in [0.2, 0.25) is 5.02 Å². The van der Waals surface area contributed by atoms with Crippen LogP contribution in [0.5, 0.6) is 0 Å². The highest BCUT2D eigenvalue weighted by Gasteiger charge is 2.40. The third kappa shape index (κ3) is 2.06. The van der Waals surface area contributed by atoms with Crippen LogP contribution in [0.3, 0.4) is 0 Å². The quantitative estimate of drug-likeness (QED) is 0.803. The summed E-state index contributed by atoms with van der Waals surface area (Å²) < 4.78 is 5.09. The number of aliphatic imine (C=N–C) groups is 1. The second-order valence-electron chi connectivity index (χ2n) is 5.03. The van der Waals surface area contributed by atoms with E-state index in [1.807, 2.05) is 12.1 Å². The third-order valence-electron chi connectivity index (χ3n) is 3.97. The monoisotopic (exact) mass is 248 g/mol. The Morgan fingerprint density at radius 3 is 2.65 bits per heavy atom. The maximum absolute atomic E-state index is 5.94. The molecule has 1 aromatic carbocycles. The van der Waals surface area contributed by atoms with Crippen molar-refractivity contribution >= 4 is 18.0 Å². The Morgan fingerprint density at radius 1 is 1.35 bits per heavy atom. The first-order chi connectivity index (χ1) is 8.28. The molecule has 2 nitrogen and oxygen atoms in total. The molecule has 0 aromatic heterocycles. The summed E-state index contributed by atoms with van der Waals surface area (Å²) in [4.78, 5) is 4.25. The fraction of sp³-hybridized carbons (Fsp3) is 0.500. The molecule has 17 heavy (non-hydrogen) atoms. The van der Waals surface area contributed by atoms with Gasteiger partial charge in [-0.25, -0.2) is 4.99 Å². The van der Waals surface area contributed by atoms with Crippen LogP contribution in [-0.4, -0.2) is 19.0 Å². The van der Waals surface area contributed by atoms with Crippen molar-refractivity contribution in [3.63, 3.8) is 0 Å². The van der Waals surface area contributed by atoms with E-state index in [9.17, 15) is 0 Å². The SMILES string of the molecule is Clc1ccc(C2(CC3CO[C]=N3)CCC2)cc1. The average molecular weight is 249 g/mol. The van der Waals surface area contributed by atoms with Gasteiger partial charge in [-0.3, -0.25) is 0 Å². The van der Waals surface area contributed by atoms with Crippen molar-refractivity contribution in [2.45, 2.75) is 37.1 Å². The molecule has 1 aliphatic heterocycles. The minimum Gasteiger partial charge on any atom is -0.472 e. The van der Waals surface area contributed by atoms with Crippen molar-refractivity contribution in [3.05, 3.63) is 34.9 Å². The molecule has 1 unspecified atom stereocenters. The lowest BCUT2D eigenvalue weighted by Crippen LogP contribution is -2.37. The standard InChI is InChI=1S/C14H15ClNO/c15-12-4-2-11(3-5-12)14(6-1-7-14)8-13-9-17-10-16-13/h2-5,13H,1,6-9H2. The molecule has 3 rings (SSSR count). The Kier molecular flexibility index (Phi) is 2.83. The number of benzene rings is 1. The first-order valence-corrected chi connectivity index (χ1v) is 6.49. The lowest BCUT2D eigenvalue weighted by molar-refractivity contribution is 0.195. The fourth-order valence-electron chi connectivity index (χ4n) is 2.86. The number of hydrogen-bond acceptors (Lipinski definition) is 2. The maximum Gasteiger partial charge on any atom is 0.273 e. The van der Waals surface area contributed by atoms with Crippen LogP contribution in [0.1, 0.15) is 31.2 Å². The van der Waals surface area contributed by atoms with E-state index in [1.165, 1.54) is 24.8 Å². The molecule has 0 bridgehead atoms. The average Bonchev–Trinajstić information content (AvgIpc) is 2.77. The van der Waals surface area contributed by atoms with Crippen LogP contribution in [0, 0.1) is 0 Å². The molecular weight excluding hydrogens is 234 g/mol. The van der Waals surface area contributed by atoms with Crippen LogP contribution in [0.4, 0.5) is 0 Å². The topological polar surface area (TPSA) is 21.6 Å². The smallest absolute Gasteiger partial charge is 0.273 e. The number of nitrogens with zero attached hydrogens (tertiary/aromatic N) is 1. The highest BCUT2D eigenvalue weighted by atomic mass is 35.5. The van der Waals surface area contributed by atoms with Gasteiger partial charge in [0.1, 0.15) is 6.61 Å². The molecular formula is C14H15ClNO. The predicted octanol–water partition coefficient (Wildman–Crippen LogP) is 3.46. The fourth-order valence-corrected chi connectivity index (χ4v) is 2.98. The lowest BCUT2D eigenvalue weighted by atomic mass is 9.61. The van der Waals surface area contributed by atoms with E-state index < -0.39 is 0 Å². The van der Waals surface area contributed by atoms with Crippen LogP contribution in [0.25, 0.3) is 0 Å². The molecule has 1 aliphatic carbocycles. The Morgan fingerprint density at radius 2 is 2.12 bits per heavy atom. The van der Waals surface area contributed by atoms with Crippen molar-refractivity contribution in [1.82, 2.24) is 0 Å². The zero-order chi connectivity index (χ0) is 11.7. The zero-order valence-electron chi connectivity index (χ0n) is 9.66. The van der Waals surface area contributed by atoms with E-state index >= 15 is 0 Å². The summed E-state index contributed by atoms with van der Waals surface area (Å²) in [6.45, 7) is 0.690. The van der Waals surface area contributed by atoms with Crippen molar-refractivity contribution in [2.24, 2.45) is 4.99 Å². The summed E-state index contributed by atoms with van der Waals surface area (Å²) in [5.41, 5.74) is 1.70. The summed E-state index contributed by atoms with van der Waals surface area (Å²) in [6.07, 6.45) is 7.49. The Labute approximate surface area is 107 Å². The first kappa shape index (κ1) is 11.1. The number of hydrogen-bond donors (Lipinski definition) is 0. The minimum atomic E-state index is 0.283. The largest absolute Gasteiger partial charge is 0.472 e. The molecule has 1 atom stereocenters. The molecule has 1 fully saturated rings. The van der Waals surface area contributed by atoms with Crippen LogP contribution >= 0.6 is 11.6 Å². The molecule has 89 valence electrons. The molecule has 0 N–H and O–H groups in total. The number of ether oxygens (including phenoxy) is 1. The van der Waals surface area contributed by atoms with Gasteiger partial charge in [0.15, 0.2) is 0 Å². The lowest BCUT2D eigenvalue weighted by Gasteiger charge is -2.43. The maximum atomic E-state index is 5.94. The van der Waals surface area contributed by atoms with Gasteiger partial charge >= 0.3 is 0 Å². The van der Waals surface area contributed by atoms with Gasteiger partial charge in [-0.15, -0.1) is 0 Å². The van der Waals surface area contributed by atoms with Gasteiger partial charge in [-0.05, 0) is 42.4 Å². The van der Waals surface area contributed by atoms with Gasteiger partial charge in [0.2, 0.25) is 0 Å². The van der Waals surface area contributed by atoms with E-state index in [0.717, 1.165) is 11.4 Å². The highest BCUT2D eigenvalue weighted by Crippen LogP contribution is 2.47. The first-order valence-electron chi connectivity index (χ1n) is 6.11. The molecule has 3 heteroatoms. The van der Waals surface area contributed by atoms with Gasteiger partial charge in [0, 0.05) is 5.02 Å². The van der Waals surface area contributed by atoms with Crippen LogP contribution in [-0.2, 0) is 10.2 Å². The molecule has 0 amide bonds. The summed E-state index contributed by atoms with van der Waals surface area (Å²) in [5, 5.41) is 0.804. The van der Waals surface area contributed by atoms with E-state index in [1.54, 1.807) is 0 Å². The summed E-state index contributed by atoms with van der Waals surface area (Å²) in [6, 6.07) is 8.57. The summed E-state index contributed by atoms with van der Waals surface area (Å²) in [7, 11) is 0. The van der Waals surface area contributed by atoms with E-state index in [0.29, 0.717) is 12.0 Å². The van der Waals surface area contributed by atoms with Gasteiger partial charge in [0.05, 0.1) is 6.04 Å². The zero-order valence-corrected chi connectivity index (χ0v) is 10.4. The van der Waals surface area contributed by atoms with E-state index in [2.05, 4.69) is 23.5 Å². The Hall–Kier alpha value is -1.02. The van der Waals surface area contributed by atoms with Crippen molar-refractivity contribution in [1.29, 1.82) is 0 Å². The Bertz CT molecular complexity index is 422. The van der Waals surface area contributed by atoms with Gasteiger partial charge in [0.25, 0.3) is 6.40 Å². The van der Waals surface area contributed by atoms with Gasteiger partial charge < -0.3 is 4.74 Å². The summed E-state index contributed by atoms with van der Waals surface area (Å²) >= 11 is 5.94. The molecule has 2 aliphatic rings. The highest BCUT2D eigenvalue weighted by molar-refractivity contribution is 6.30. The van der Waals surface area contributed by atoms with Crippen molar-refractivity contribution < 1.29 is 4.74 Å². The normalized spacial score (nSPS) is 25.4. The number of rotatable bonds is 3. The van der Waals surface area contributed by atoms with E-state index in [-0.39, 0.29) is 6.04 Å². The summed E-state index contributed by atoms with van der Waals surface area (Å²) in [5.74, 6) is 0. The molecule has 1 radical (unpaired) electrons. The van der Waals surface area contributed by atoms with Crippen LogP contribution < -0.4 is 0 Å². The third-order valence-corrected chi connectivity index (χ3v) is 4.22. The molecule has 1 aromatic rings.